The van der Waals surface area contributed by atoms with Gasteiger partial charge in [-0.3, -0.25) is 0 Å². The highest BCUT2D eigenvalue weighted by atomic mass is 35.5. The molecule has 2 heterocycles. The minimum Gasteiger partial charge on any atom is -0.370 e. The Labute approximate surface area is 222 Å². The molecule has 1 atom stereocenters. The number of halogens is 1. The lowest BCUT2D eigenvalue weighted by Crippen LogP contribution is -2.31. The maximum Gasteiger partial charge on any atom is 0.244 e. The maximum absolute atomic E-state index is 12.8. The van der Waals surface area contributed by atoms with Crippen LogP contribution in [0.15, 0.2) is 53.6 Å². The highest BCUT2D eigenvalue weighted by molar-refractivity contribution is 7.89. The first kappa shape index (κ1) is 26.6. The number of benzene rings is 2. The molecular weight excluding hydrogens is 512 g/mol. The summed E-state index contributed by atoms with van der Waals surface area (Å²) in [5.41, 5.74) is 2.33. The van der Waals surface area contributed by atoms with Gasteiger partial charge in [0.25, 0.3) is 0 Å². The number of likely N-dealkylation sites (N-methyl/N-ethyl adjacent to an activating group) is 1. The lowest BCUT2D eigenvalue weighted by Gasteiger charge is -2.22. The molecule has 1 aromatic heterocycles. The summed E-state index contributed by atoms with van der Waals surface area (Å²) in [5.74, 6) is 0.431. The molecule has 2 N–H and O–H groups in total. The third kappa shape index (κ3) is 5.78. The Balaban J connectivity index is 1.58. The molecule has 0 aliphatic carbocycles. The third-order valence-electron chi connectivity index (χ3n) is 6.27. The SMILES string of the molecule is CN(C)[C@H]1CCN(c2ccc(Nc3ncc(Cl)c(Nc4ccccc4S(=O)(=O)N(C)C)n3)c(C#N)c2)C1. The lowest BCUT2D eigenvalue weighted by atomic mass is 10.1. The predicted molar refractivity (Wildman–Crippen MR) is 146 cm³/mol. The standard InChI is InChI=1S/C25H29ClN8O2S/c1-32(2)19-11-12-34(16-19)18-9-10-21(17(13-18)14-27)30-25-28-15-20(26)24(31-25)29-22-7-5-6-8-23(22)37(35,36)33(3)4/h5-10,13,15,19H,11-12,16H2,1-4H3,(H2,28,29,30,31)/t19-/m0/s1. The maximum atomic E-state index is 12.8. The molecule has 0 bridgehead atoms. The fraction of sp³-hybridized carbons (Fsp3) is 0.320. The van der Waals surface area contributed by atoms with Crippen LogP contribution in [0, 0.1) is 11.3 Å². The van der Waals surface area contributed by atoms with Gasteiger partial charge in [-0.25, -0.2) is 17.7 Å². The van der Waals surface area contributed by atoms with Gasteiger partial charge in [0.05, 0.1) is 23.1 Å². The van der Waals surface area contributed by atoms with Crippen molar-refractivity contribution < 1.29 is 8.42 Å². The predicted octanol–water partition coefficient (Wildman–Crippen LogP) is 3.88. The molecule has 0 radical (unpaired) electrons. The Hall–Kier alpha value is -3.43. The second-order valence-corrected chi connectivity index (χ2v) is 11.6. The Morgan fingerprint density at radius 2 is 1.86 bits per heavy atom. The van der Waals surface area contributed by atoms with Crippen LogP contribution in [0.1, 0.15) is 12.0 Å². The van der Waals surface area contributed by atoms with E-state index in [1.54, 1.807) is 18.2 Å². The average Bonchev–Trinajstić information content (AvgIpc) is 3.37. The smallest absolute Gasteiger partial charge is 0.244 e. The van der Waals surface area contributed by atoms with Gasteiger partial charge in [-0.2, -0.15) is 10.2 Å². The van der Waals surface area contributed by atoms with Crippen LogP contribution in [-0.2, 0) is 10.0 Å². The number of sulfonamides is 1. The van der Waals surface area contributed by atoms with Crippen molar-refractivity contribution >= 4 is 50.5 Å². The van der Waals surface area contributed by atoms with Crippen molar-refractivity contribution in [2.24, 2.45) is 0 Å². The molecule has 4 rings (SSSR count). The first-order valence-corrected chi connectivity index (χ1v) is 13.5. The van der Waals surface area contributed by atoms with Crippen LogP contribution >= 0.6 is 11.6 Å². The van der Waals surface area contributed by atoms with Crippen molar-refractivity contribution in [3.05, 3.63) is 59.2 Å². The Morgan fingerprint density at radius 3 is 2.54 bits per heavy atom. The van der Waals surface area contributed by atoms with E-state index in [2.05, 4.69) is 50.6 Å². The van der Waals surface area contributed by atoms with Crippen LogP contribution in [0.4, 0.5) is 28.8 Å². The van der Waals surface area contributed by atoms with Gasteiger partial charge in [0.1, 0.15) is 16.0 Å². The average molecular weight is 541 g/mol. The van der Waals surface area contributed by atoms with Crippen LogP contribution in [0.2, 0.25) is 5.02 Å². The van der Waals surface area contributed by atoms with Crippen LogP contribution in [-0.4, -0.2) is 74.9 Å². The van der Waals surface area contributed by atoms with Gasteiger partial charge < -0.3 is 20.4 Å². The summed E-state index contributed by atoms with van der Waals surface area (Å²) in [6.45, 7) is 1.84. The zero-order chi connectivity index (χ0) is 26.7. The zero-order valence-electron chi connectivity index (χ0n) is 21.1. The molecule has 194 valence electrons. The van der Waals surface area contributed by atoms with Gasteiger partial charge in [0.2, 0.25) is 16.0 Å². The second-order valence-electron chi connectivity index (χ2n) is 9.12. The molecule has 0 spiro atoms. The number of nitrogens with zero attached hydrogens (tertiary/aromatic N) is 6. The molecule has 0 saturated carbocycles. The van der Waals surface area contributed by atoms with E-state index in [9.17, 15) is 13.7 Å². The quantitative estimate of drug-likeness (QED) is 0.439. The van der Waals surface area contributed by atoms with E-state index in [1.165, 1.54) is 26.4 Å². The molecule has 10 nitrogen and oxygen atoms in total. The van der Waals surface area contributed by atoms with Crippen molar-refractivity contribution in [1.82, 2.24) is 19.2 Å². The first-order valence-electron chi connectivity index (χ1n) is 11.6. The monoisotopic (exact) mass is 540 g/mol. The molecule has 0 unspecified atom stereocenters. The molecular formula is C25H29ClN8O2S. The summed E-state index contributed by atoms with van der Waals surface area (Å²) >= 11 is 6.33. The number of para-hydroxylation sites is 1. The summed E-state index contributed by atoms with van der Waals surface area (Å²) in [6, 6.07) is 14.9. The third-order valence-corrected chi connectivity index (χ3v) is 8.42. The van der Waals surface area contributed by atoms with E-state index in [0.29, 0.717) is 23.0 Å². The summed E-state index contributed by atoms with van der Waals surface area (Å²) in [7, 11) is 3.39. The molecule has 37 heavy (non-hydrogen) atoms. The van der Waals surface area contributed by atoms with Crippen molar-refractivity contribution in [2.45, 2.75) is 17.4 Å². The first-order chi connectivity index (χ1) is 17.6. The van der Waals surface area contributed by atoms with Crippen LogP contribution < -0.4 is 15.5 Å². The summed E-state index contributed by atoms with van der Waals surface area (Å²) in [6.07, 6.45) is 2.48. The van der Waals surface area contributed by atoms with Gasteiger partial charge >= 0.3 is 0 Å². The number of rotatable bonds is 8. The van der Waals surface area contributed by atoms with E-state index in [0.717, 1.165) is 29.5 Å². The fourth-order valence-corrected chi connectivity index (χ4v) is 5.26. The molecule has 0 amide bonds. The second kappa shape index (κ2) is 10.9. The Kier molecular flexibility index (Phi) is 7.85. The van der Waals surface area contributed by atoms with E-state index < -0.39 is 10.0 Å². The minimum atomic E-state index is -3.70. The molecule has 1 saturated heterocycles. The number of anilines is 5. The van der Waals surface area contributed by atoms with E-state index >= 15 is 0 Å². The zero-order valence-corrected chi connectivity index (χ0v) is 22.7. The Morgan fingerprint density at radius 1 is 1.11 bits per heavy atom. The number of hydrogen-bond acceptors (Lipinski definition) is 9. The van der Waals surface area contributed by atoms with Gasteiger partial charge in [0.15, 0.2) is 5.82 Å². The number of hydrogen-bond donors (Lipinski definition) is 2. The van der Waals surface area contributed by atoms with Crippen molar-refractivity contribution in [1.29, 1.82) is 5.26 Å². The van der Waals surface area contributed by atoms with E-state index in [4.69, 9.17) is 11.6 Å². The van der Waals surface area contributed by atoms with Crippen molar-refractivity contribution in [2.75, 3.05) is 56.8 Å². The molecule has 12 heteroatoms. The summed E-state index contributed by atoms with van der Waals surface area (Å²) in [4.78, 5) is 13.3. The molecule has 1 fully saturated rings. The topological polar surface area (TPSA) is 117 Å². The highest BCUT2D eigenvalue weighted by Crippen LogP contribution is 2.31. The summed E-state index contributed by atoms with van der Waals surface area (Å²) < 4.78 is 26.6. The number of nitriles is 1. The molecule has 3 aromatic rings. The largest absolute Gasteiger partial charge is 0.370 e. The fourth-order valence-electron chi connectivity index (χ4n) is 4.08. The summed E-state index contributed by atoms with van der Waals surface area (Å²) in [5, 5.41) is 16.1. The number of aromatic nitrogens is 2. The number of nitrogens with one attached hydrogen (secondary N) is 2. The van der Waals surface area contributed by atoms with Gasteiger partial charge in [0, 0.05) is 38.9 Å². The Bertz CT molecular complexity index is 1440. The normalized spacial score (nSPS) is 15.7. The molecule has 1 aliphatic heterocycles. The van der Waals surface area contributed by atoms with Crippen molar-refractivity contribution in [3.8, 4) is 6.07 Å². The highest BCUT2D eigenvalue weighted by Gasteiger charge is 2.25. The van der Waals surface area contributed by atoms with Crippen molar-refractivity contribution in [3.63, 3.8) is 0 Å². The van der Waals surface area contributed by atoms with Gasteiger partial charge in [-0.05, 0) is 50.8 Å². The van der Waals surface area contributed by atoms with E-state index in [-0.39, 0.29) is 21.7 Å². The minimum absolute atomic E-state index is 0.0879. The molecule has 2 aromatic carbocycles. The van der Waals surface area contributed by atoms with Crippen LogP contribution in [0.25, 0.3) is 0 Å². The molecule has 1 aliphatic rings. The van der Waals surface area contributed by atoms with Gasteiger partial charge in [-0.1, -0.05) is 23.7 Å². The lowest BCUT2D eigenvalue weighted by molar-refractivity contribution is 0.315. The van der Waals surface area contributed by atoms with Gasteiger partial charge in [-0.15, -0.1) is 0 Å². The van der Waals surface area contributed by atoms with E-state index in [1.807, 2.05) is 18.2 Å². The van der Waals surface area contributed by atoms with Crippen LogP contribution in [0.3, 0.4) is 0 Å². The van der Waals surface area contributed by atoms with Crippen LogP contribution in [0.5, 0.6) is 0 Å².